The van der Waals surface area contributed by atoms with Crippen molar-refractivity contribution in [3.05, 3.63) is 65.2 Å². The first-order valence-corrected chi connectivity index (χ1v) is 10.4. The lowest BCUT2D eigenvalue weighted by Gasteiger charge is -2.30. The van der Waals surface area contributed by atoms with Crippen molar-refractivity contribution in [2.45, 2.75) is 17.7 Å². The molecular formula is C19H21ClN2O5S. The van der Waals surface area contributed by atoms with Gasteiger partial charge in [0.15, 0.2) is 0 Å². The Labute approximate surface area is 168 Å². The molecule has 1 aliphatic heterocycles. The second-order valence-electron chi connectivity index (χ2n) is 6.20. The molecule has 0 radical (unpaired) electrons. The maximum Gasteiger partial charge on any atom is 0.307 e. The number of piperidine rings is 1. The molecule has 0 bridgehead atoms. The fourth-order valence-electron chi connectivity index (χ4n) is 2.76. The van der Waals surface area contributed by atoms with Crippen LogP contribution in [-0.2, 0) is 14.8 Å². The quantitative estimate of drug-likeness (QED) is 0.782. The number of carbonyl (C=O) groups is 2. The summed E-state index contributed by atoms with van der Waals surface area (Å²) in [6.45, 7) is 0.334. The first-order chi connectivity index (χ1) is 13.2. The number of halogens is 1. The lowest BCUT2D eigenvalue weighted by molar-refractivity contribution is -0.142. The summed E-state index contributed by atoms with van der Waals surface area (Å²) in [5, 5.41) is 9.15. The third-order valence-corrected chi connectivity index (χ3v) is 6.61. The van der Waals surface area contributed by atoms with Gasteiger partial charge in [0.1, 0.15) is 4.90 Å². The van der Waals surface area contributed by atoms with Gasteiger partial charge in [-0.25, -0.2) is 8.42 Å². The van der Waals surface area contributed by atoms with E-state index >= 15 is 0 Å². The molecule has 2 aromatic carbocycles. The van der Waals surface area contributed by atoms with Crippen LogP contribution in [0.2, 0.25) is 5.02 Å². The lowest BCUT2D eigenvalue weighted by atomic mass is 10.0. The van der Waals surface area contributed by atoms with Crippen LogP contribution in [0.25, 0.3) is 0 Å². The summed E-state index contributed by atoms with van der Waals surface area (Å²) in [5.41, 5.74) is 5.53. The second kappa shape index (κ2) is 9.68. The highest BCUT2D eigenvalue weighted by Gasteiger charge is 2.34. The van der Waals surface area contributed by atoms with Crippen molar-refractivity contribution >= 4 is 33.5 Å². The second-order valence-corrected chi connectivity index (χ2v) is 8.51. The number of carbonyl (C=O) groups excluding carboxylic acids is 1. The maximum absolute atomic E-state index is 12.4. The van der Waals surface area contributed by atoms with Crippen molar-refractivity contribution in [1.29, 1.82) is 0 Å². The van der Waals surface area contributed by atoms with Crippen molar-refractivity contribution in [3.63, 3.8) is 0 Å². The molecule has 1 fully saturated rings. The van der Waals surface area contributed by atoms with Crippen LogP contribution in [0.4, 0.5) is 0 Å². The summed E-state index contributed by atoms with van der Waals surface area (Å²) in [4.78, 5) is 21.4. The third-order valence-electron chi connectivity index (χ3n) is 4.25. The Hall–Kier alpha value is -2.42. The number of hydrogen-bond acceptors (Lipinski definition) is 4. The fourth-order valence-corrected chi connectivity index (χ4v) is 4.77. The number of benzene rings is 2. The van der Waals surface area contributed by atoms with E-state index in [4.69, 9.17) is 22.4 Å². The Morgan fingerprint density at radius 1 is 1.07 bits per heavy atom. The molecule has 1 saturated heterocycles. The predicted octanol–water partition coefficient (Wildman–Crippen LogP) is 2.61. The van der Waals surface area contributed by atoms with E-state index in [9.17, 15) is 18.0 Å². The lowest BCUT2D eigenvalue weighted by Crippen LogP contribution is -2.42. The summed E-state index contributed by atoms with van der Waals surface area (Å²) < 4.78 is 26.1. The number of rotatable bonds is 4. The van der Waals surface area contributed by atoms with Gasteiger partial charge < -0.3 is 10.8 Å². The van der Waals surface area contributed by atoms with Gasteiger partial charge in [0.05, 0.1) is 10.9 Å². The van der Waals surface area contributed by atoms with E-state index in [1.807, 2.05) is 6.07 Å². The molecule has 2 aromatic rings. The number of carboxylic acid groups (broad SMARTS) is 1. The zero-order valence-electron chi connectivity index (χ0n) is 15.0. The highest BCUT2D eigenvalue weighted by atomic mass is 35.5. The Bertz CT molecular complexity index is 934. The van der Waals surface area contributed by atoms with E-state index in [2.05, 4.69) is 0 Å². The normalized spacial score (nSPS) is 17.2. The van der Waals surface area contributed by atoms with Crippen LogP contribution < -0.4 is 5.73 Å². The maximum atomic E-state index is 12.4. The van der Waals surface area contributed by atoms with E-state index in [1.165, 1.54) is 16.4 Å². The number of sulfonamides is 1. The summed E-state index contributed by atoms with van der Waals surface area (Å²) in [6.07, 6.45) is 1.05. The molecule has 0 aromatic heterocycles. The molecule has 1 aliphatic rings. The van der Waals surface area contributed by atoms with Gasteiger partial charge in [-0.2, -0.15) is 4.31 Å². The molecule has 3 rings (SSSR count). The first kappa shape index (κ1) is 21.9. The smallest absolute Gasteiger partial charge is 0.307 e. The molecule has 1 heterocycles. The van der Waals surface area contributed by atoms with Crippen LogP contribution in [0, 0.1) is 5.92 Å². The van der Waals surface area contributed by atoms with E-state index in [0.29, 0.717) is 24.9 Å². The topological polar surface area (TPSA) is 118 Å². The summed E-state index contributed by atoms with van der Waals surface area (Å²) in [7, 11) is -3.72. The summed E-state index contributed by atoms with van der Waals surface area (Å²) in [5.74, 6) is -1.99. The minimum Gasteiger partial charge on any atom is -0.481 e. The number of nitrogens with zero attached hydrogens (tertiary/aromatic N) is 1. The Morgan fingerprint density at radius 2 is 1.68 bits per heavy atom. The third kappa shape index (κ3) is 5.54. The number of carboxylic acids is 1. The van der Waals surface area contributed by atoms with Crippen LogP contribution in [0.15, 0.2) is 59.5 Å². The van der Waals surface area contributed by atoms with Crippen LogP contribution in [0.3, 0.4) is 0 Å². The Kier molecular flexibility index (Phi) is 7.56. The zero-order chi connectivity index (χ0) is 20.7. The molecular weight excluding hydrogens is 404 g/mol. The van der Waals surface area contributed by atoms with E-state index in [-0.39, 0.29) is 22.4 Å². The number of amides is 1. The van der Waals surface area contributed by atoms with E-state index in [1.54, 1.807) is 36.4 Å². The molecule has 0 aliphatic carbocycles. The van der Waals surface area contributed by atoms with Crippen molar-refractivity contribution in [1.82, 2.24) is 4.31 Å². The molecule has 7 nitrogen and oxygen atoms in total. The molecule has 3 N–H and O–H groups in total. The highest BCUT2D eigenvalue weighted by Crippen LogP contribution is 2.28. The standard InChI is InChI=1S/C12H14ClNO4S.C7H7NO/c13-10-5-1-2-6-11(10)19(17,18)14-7-3-4-9(8-14)12(15)16;8-7(9)6-4-2-1-3-5-6/h1-2,5-6,9H,3-4,7-8H2,(H,15,16);1-5H,(H2,8,9). The zero-order valence-corrected chi connectivity index (χ0v) is 16.6. The number of hydrogen-bond donors (Lipinski definition) is 2. The largest absolute Gasteiger partial charge is 0.481 e. The minimum atomic E-state index is -3.72. The average molecular weight is 425 g/mol. The van der Waals surface area contributed by atoms with Gasteiger partial charge in [-0.05, 0) is 37.1 Å². The number of nitrogens with two attached hydrogens (primary N) is 1. The Morgan fingerprint density at radius 3 is 2.21 bits per heavy atom. The van der Waals surface area contributed by atoms with Gasteiger partial charge in [-0.15, -0.1) is 0 Å². The van der Waals surface area contributed by atoms with Gasteiger partial charge in [0, 0.05) is 18.7 Å². The molecule has 0 saturated carbocycles. The van der Waals surface area contributed by atoms with Crippen LogP contribution >= 0.6 is 11.6 Å². The molecule has 1 unspecified atom stereocenters. The van der Waals surface area contributed by atoms with Gasteiger partial charge in [0.25, 0.3) is 0 Å². The summed E-state index contributed by atoms with van der Waals surface area (Å²) in [6, 6.07) is 14.9. The molecule has 9 heteroatoms. The predicted molar refractivity (Wildman–Crippen MR) is 106 cm³/mol. The molecule has 1 atom stereocenters. The van der Waals surface area contributed by atoms with E-state index in [0.717, 1.165) is 0 Å². The van der Waals surface area contributed by atoms with Crippen LogP contribution in [0.5, 0.6) is 0 Å². The highest BCUT2D eigenvalue weighted by molar-refractivity contribution is 7.89. The first-order valence-electron chi connectivity index (χ1n) is 8.56. The Balaban J connectivity index is 0.000000261. The molecule has 1 amide bonds. The fraction of sp³-hybridized carbons (Fsp3) is 0.263. The summed E-state index contributed by atoms with van der Waals surface area (Å²) >= 11 is 5.90. The van der Waals surface area contributed by atoms with Gasteiger partial charge in [-0.3, -0.25) is 9.59 Å². The van der Waals surface area contributed by atoms with Gasteiger partial charge >= 0.3 is 5.97 Å². The average Bonchev–Trinajstić information content (AvgIpc) is 2.69. The SMILES string of the molecule is NC(=O)c1ccccc1.O=C(O)C1CCCN(S(=O)(=O)c2ccccc2Cl)C1. The molecule has 0 spiro atoms. The monoisotopic (exact) mass is 424 g/mol. The van der Waals surface area contributed by atoms with E-state index < -0.39 is 21.9 Å². The van der Waals surface area contributed by atoms with Crippen molar-refractivity contribution in [2.75, 3.05) is 13.1 Å². The van der Waals surface area contributed by atoms with Gasteiger partial charge in [0.2, 0.25) is 15.9 Å². The van der Waals surface area contributed by atoms with Crippen molar-refractivity contribution in [3.8, 4) is 0 Å². The molecule has 150 valence electrons. The minimum absolute atomic E-state index is 0.00287. The number of aliphatic carboxylic acids is 1. The van der Waals surface area contributed by atoms with Crippen molar-refractivity contribution in [2.24, 2.45) is 11.7 Å². The van der Waals surface area contributed by atoms with Crippen LogP contribution in [0.1, 0.15) is 23.2 Å². The number of primary amides is 1. The van der Waals surface area contributed by atoms with Crippen LogP contribution in [-0.4, -0.2) is 42.8 Å². The van der Waals surface area contributed by atoms with Crippen molar-refractivity contribution < 1.29 is 23.1 Å². The molecule has 28 heavy (non-hydrogen) atoms. The van der Waals surface area contributed by atoms with Gasteiger partial charge in [-0.1, -0.05) is 41.9 Å².